The Balaban J connectivity index is 2.32. The third kappa shape index (κ3) is 4.67. The highest BCUT2D eigenvalue weighted by atomic mass is 16.5. The molecule has 0 bridgehead atoms. The first-order chi connectivity index (χ1) is 7.61. The van der Waals surface area contributed by atoms with Gasteiger partial charge in [-0.1, -0.05) is 13.0 Å². The van der Waals surface area contributed by atoms with E-state index in [1.807, 2.05) is 0 Å². The molecule has 0 amide bonds. The third-order valence-electron chi connectivity index (χ3n) is 2.67. The van der Waals surface area contributed by atoms with E-state index in [0.717, 1.165) is 25.3 Å². The van der Waals surface area contributed by atoms with Gasteiger partial charge in [-0.15, -0.1) is 0 Å². The van der Waals surface area contributed by atoms with Gasteiger partial charge in [0.25, 0.3) is 0 Å². The van der Waals surface area contributed by atoms with E-state index in [1.165, 1.54) is 11.1 Å². The van der Waals surface area contributed by atoms with Crippen LogP contribution in [-0.4, -0.2) is 19.2 Å². The van der Waals surface area contributed by atoms with Gasteiger partial charge in [-0.3, -0.25) is 0 Å². The van der Waals surface area contributed by atoms with Crippen molar-refractivity contribution in [1.29, 1.82) is 0 Å². The SMILES string of the molecule is CC[C@@H](C)NCCOc1cc(C)cc(C)c1. The van der Waals surface area contributed by atoms with Crippen molar-refractivity contribution in [2.24, 2.45) is 0 Å². The molecule has 2 heteroatoms. The van der Waals surface area contributed by atoms with Crippen LogP contribution in [0, 0.1) is 13.8 Å². The molecule has 2 nitrogen and oxygen atoms in total. The molecule has 0 saturated carbocycles. The molecule has 1 aromatic carbocycles. The van der Waals surface area contributed by atoms with Crippen LogP contribution in [0.25, 0.3) is 0 Å². The van der Waals surface area contributed by atoms with Gasteiger partial charge < -0.3 is 10.1 Å². The molecule has 1 N–H and O–H groups in total. The molecule has 90 valence electrons. The fraction of sp³-hybridized carbons (Fsp3) is 0.571. The van der Waals surface area contributed by atoms with Gasteiger partial charge in [0.15, 0.2) is 0 Å². The number of ether oxygens (including phenoxy) is 1. The van der Waals surface area contributed by atoms with Crippen LogP contribution < -0.4 is 10.1 Å². The highest BCUT2D eigenvalue weighted by Crippen LogP contribution is 2.15. The lowest BCUT2D eigenvalue weighted by Crippen LogP contribution is -2.29. The lowest BCUT2D eigenvalue weighted by molar-refractivity contribution is 0.306. The molecular weight excluding hydrogens is 198 g/mol. The lowest BCUT2D eigenvalue weighted by Gasteiger charge is -2.12. The summed E-state index contributed by atoms with van der Waals surface area (Å²) in [5.74, 6) is 0.975. The Hall–Kier alpha value is -1.02. The van der Waals surface area contributed by atoms with Crippen molar-refractivity contribution < 1.29 is 4.74 Å². The summed E-state index contributed by atoms with van der Waals surface area (Å²) in [5, 5.41) is 3.41. The second-order valence-corrected chi connectivity index (χ2v) is 4.44. The van der Waals surface area contributed by atoms with Crippen LogP contribution in [0.4, 0.5) is 0 Å². The zero-order chi connectivity index (χ0) is 12.0. The number of benzene rings is 1. The van der Waals surface area contributed by atoms with E-state index in [4.69, 9.17) is 4.74 Å². The summed E-state index contributed by atoms with van der Waals surface area (Å²) in [6.07, 6.45) is 1.16. The molecule has 0 unspecified atom stereocenters. The average Bonchev–Trinajstić information content (AvgIpc) is 2.22. The van der Waals surface area contributed by atoms with E-state index < -0.39 is 0 Å². The number of hydrogen-bond donors (Lipinski definition) is 1. The second kappa shape index (κ2) is 6.54. The van der Waals surface area contributed by atoms with E-state index >= 15 is 0 Å². The maximum Gasteiger partial charge on any atom is 0.119 e. The maximum absolute atomic E-state index is 5.70. The van der Waals surface area contributed by atoms with Crippen molar-refractivity contribution in [3.63, 3.8) is 0 Å². The van der Waals surface area contributed by atoms with Gasteiger partial charge in [0.2, 0.25) is 0 Å². The first kappa shape index (κ1) is 13.0. The number of rotatable bonds is 6. The van der Waals surface area contributed by atoms with Gasteiger partial charge in [0.1, 0.15) is 12.4 Å². The molecule has 0 radical (unpaired) electrons. The molecule has 0 heterocycles. The predicted octanol–water partition coefficient (Wildman–Crippen LogP) is 3.07. The van der Waals surface area contributed by atoms with Crippen LogP contribution in [0.1, 0.15) is 31.4 Å². The van der Waals surface area contributed by atoms with E-state index in [9.17, 15) is 0 Å². The molecule has 0 aliphatic heterocycles. The fourth-order valence-corrected chi connectivity index (χ4v) is 1.63. The van der Waals surface area contributed by atoms with Crippen molar-refractivity contribution in [3.8, 4) is 5.75 Å². The molecule has 1 rings (SSSR count). The summed E-state index contributed by atoms with van der Waals surface area (Å²) >= 11 is 0. The molecule has 0 aliphatic rings. The van der Waals surface area contributed by atoms with Crippen molar-refractivity contribution in [3.05, 3.63) is 29.3 Å². The molecule has 0 saturated heterocycles. The Kier molecular flexibility index (Phi) is 5.33. The molecule has 0 spiro atoms. The van der Waals surface area contributed by atoms with Crippen LogP contribution >= 0.6 is 0 Å². The number of nitrogens with one attached hydrogen (secondary N) is 1. The smallest absolute Gasteiger partial charge is 0.119 e. The van der Waals surface area contributed by atoms with Gasteiger partial charge in [-0.25, -0.2) is 0 Å². The van der Waals surface area contributed by atoms with Crippen molar-refractivity contribution >= 4 is 0 Å². The largest absolute Gasteiger partial charge is 0.492 e. The van der Waals surface area contributed by atoms with E-state index in [0.29, 0.717) is 6.04 Å². The lowest BCUT2D eigenvalue weighted by atomic mass is 10.1. The van der Waals surface area contributed by atoms with Gasteiger partial charge in [0.05, 0.1) is 0 Å². The second-order valence-electron chi connectivity index (χ2n) is 4.44. The number of aryl methyl sites for hydroxylation is 2. The van der Waals surface area contributed by atoms with Gasteiger partial charge in [0, 0.05) is 12.6 Å². The van der Waals surface area contributed by atoms with Gasteiger partial charge >= 0.3 is 0 Å². The van der Waals surface area contributed by atoms with E-state index in [2.05, 4.69) is 51.2 Å². The molecule has 0 aliphatic carbocycles. The van der Waals surface area contributed by atoms with Gasteiger partial charge in [-0.05, 0) is 50.5 Å². The summed E-state index contributed by atoms with van der Waals surface area (Å²) in [6, 6.07) is 6.89. The Bertz CT molecular complexity index is 302. The average molecular weight is 221 g/mol. The fourth-order valence-electron chi connectivity index (χ4n) is 1.63. The minimum Gasteiger partial charge on any atom is -0.492 e. The standard InChI is InChI=1S/C14H23NO/c1-5-13(4)15-6-7-16-14-9-11(2)8-12(3)10-14/h8-10,13,15H,5-7H2,1-4H3/t13-/m1/s1. The summed E-state index contributed by atoms with van der Waals surface area (Å²) in [5.41, 5.74) is 2.51. The highest BCUT2D eigenvalue weighted by Gasteiger charge is 1.98. The van der Waals surface area contributed by atoms with Crippen molar-refractivity contribution in [1.82, 2.24) is 5.32 Å². The molecule has 1 aromatic rings. The maximum atomic E-state index is 5.70. The third-order valence-corrected chi connectivity index (χ3v) is 2.67. The first-order valence-corrected chi connectivity index (χ1v) is 6.06. The van der Waals surface area contributed by atoms with Crippen molar-refractivity contribution in [2.45, 2.75) is 40.2 Å². The van der Waals surface area contributed by atoms with Gasteiger partial charge in [-0.2, -0.15) is 0 Å². The molecule has 0 fully saturated rings. The minimum atomic E-state index is 0.572. The normalized spacial score (nSPS) is 12.5. The molecular formula is C14H23NO. The van der Waals surface area contributed by atoms with Crippen LogP contribution in [-0.2, 0) is 0 Å². The van der Waals surface area contributed by atoms with Crippen LogP contribution in [0.5, 0.6) is 5.75 Å². The number of hydrogen-bond acceptors (Lipinski definition) is 2. The summed E-state index contributed by atoms with van der Waals surface area (Å²) in [6.45, 7) is 10.2. The van der Waals surface area contributed by atoms with Crippen LogP contribution in [0.2, 0.25) is 0 Å². The zero-order valence-corrected chi connectivity index (χ0v) is 10.8. The van der Waals surface area contributed by atoms with Crippen LogP contribution in [0.3, 0.4) is 0 Å². The van der Waals surface area contributed by atoms with Crippen LogP contribution in [0.15, 0.2) is 18.2 Å². The molecule has 1 atom stereocenters. The minimum absolute atomic E-state index is 0.572. The molecule has 16 heavy (non-hydrogen) atoms. The Morgan fingerprint density at radius 3 is 2.38 bits per heavy atom. The Morgan fingerprint density at radius 2 is 1.81 bits per heavy atom. The van der Waals surface area contributed by atoms with E-state index in [-0.39, 0.29) is 0 Å². The Morgan fingerprint density at radius 1 is 1.19 bits per heavy atom. The summed E-state index contributed by atoms with van der Waals surface area (Å²) in [7, 11) is 0. The highest BCUT2D eigenvalue weighted by molar-refractivity contribution is 5.32. The van der Waals surface area contributed by atoms with Crippen molar-refractivity contribution in [2.75, 3.05) is 13.2 Å². The molecule has 0 aromatic heterocycles. The predicted molar refractivity (Wildman–Crippen MR) is 69.2 cm³/mol. The summed E-state index contributed by atoms with van der Waals surface area (Å²) in [4.78, 5) is 0. The topological polar surface area (TPSA) is 21.3 Å². The monoisotopic (exact) mass is 221 g/mol. The Labute approximate surface area is 99.0 Å². The van der Waals surface area contributed by atoms with E-state index in [1.54, 1.807) is 0 Å². The summed E-state index contributed by atoms with van der Waals surface area (Å²) < 4.78 is 5.70. The zero-order valence-electron chi connectivity index (χ0n) is 10.8. The quantitative estimate of drug-likeness (QED) is 0.745. The first-order valence-electron chi connectivity index (χ1n) is 6.06.